The van der Waals surface area contributed by atoms with Crippen LogP contribution in [0.4, 0.5) is 0 Å². The zero-order valence-corrected chi connectivity index (χ0v) is 17.0. The number of benzene rings is 1. The van der Waals surface area contributed by atoms with Gasteiger partial charge in [-0.3, -0.25) is 9.59 Å². The quantitative estimate of drug-likeness (QED) is 0.705. The van der Waals surface area contributed by atoms with Crippen LogP contribution in [0.5, 0.6) is 0 Å². The predicted molar refractivity (Wildman–Crippen MR) is 103 cm³/mol. The summed E-state index contributed by atoms with van der Waals surface area (Å²) < 4.78 is 31.8. The molecule has 4 fully saturated rings. The van der Waals surface area contributed by atoms with Gasteiger partial charge in [-0.15, -0.1) is 0 Å². The normalized spacial score (nSPS) is 31.0. The third kappa shape index (κ3) is 3.87. The number of ketones is 1. The summed E-state index contributed by atoms with van der Waals surface area (Å²) in [6, 6.07) is 6.35. The Kier molecular flexibility index (Phi) is 5.08. The molecule has 0 aromatic heterocycles. The number of ether oxygens (including phenoxy) is 1. The molecule has 0 amide bonds. The lowest BCUT2D eigenvalue weighted by Gasteiger charge is -2.55. The second-order valence-corrected chi connectivity index (χ2v) is 10.7. The summed E-state index contributed by atoms with van der Waals surface area (Å²) in [6.07, 6.45) is 6.51. The van der Waals surface area contributed by atoms with E-state index in [0.717, 1.165) is 24.8 Å². The Hall–Kier alpha value is -1.73. The Morgan fingerprint density at radius 2 is 1.57 bits per heavy atom. The topological polar surface area (TPSA) is 89.5 Å². The van der Waals surface area contributed by atoms with E-state index in [4.69, 9.17) is 4.74 Å². The molecule has 4 saturated carbocycles. The molecule has 0 heterocycles. The first-order valence-electron chi connectivity index (χ1n) is 10.0. The van der Waals surface area contributed by atoms with Gasteiger partial charge in [0, 0.05) is 5.41 Å². The molecule has 0 saturated heterocycles. The van der Waals surface area contributed by atoms with Crippen molar-refractivity contribution in [3.05, 3.63) is 29.8 Å². The molecule has 5 rings (SSSR count). The Labute approximate surface area is 166 Å². The zero-order valence-electron chi connectivity index (χ0n) is 16.1. The molecule has 7 heteroatoms. The first kappa shape index (κ1) is 19.6. The maximum absolute atomic E-state index is 12.8. The van der Waals surface area contributed by atoms with Crippen LogP contribution in [0.1, 0.15) is 44.1 Å². The summed E-state index contributed by atoms with van der Waals surface area (Å²) in [5, 5.41) is 0. The summed E-state index contributed by atoms with van der Waals surface area (Å²) in [7, 11) is -3.78. The van der Waals surface area contributed by atoms with Gasteiger partial charge < -0.3 is 4.74 Å². The van der Waals surface area contributed by atoms with E-state index < -0.39 is 22.5 Å². The zero-order chi connectivity index (χ0) is 19.9. The molecule has 0 atom stereocenters. The standard InChI is InChI=1S/C21H27NO5S/c1-14-2-4-18(5-3-14)28(25,26)22-12-20(24)27-13-19(23)21-9-15-6-16(10-21)8-17(7-15)11-21/h2-5,15-17,22H,6-13H2,1H3. The highest BCUT2D eigenvalue weighted by Crippen LogP contribution is 2.60. The van der Waals surface area contributed by atoms with Crippen molar-refractivity contribution in [1.29, 1.82) is 0 Å². The van der Waals surface area contributed by atoms with Crippen LogP contribution in [0.3, 0.4) is 0 Å². The van der Waals surface area contributed by atoms with Crippen molar-refractivity contribution in [3.63, 3.8) is 0 Å². The maximum Gasteiger partial charge on any atom is 0.321 e. The number of Topliss-reactive ketones (excluding diaryl/α,β-unsaturated/α-hetero) is 1. The average Bonchev–Trinajstić information content (AvgIpc) is 2.64. The van der Waals surface area contributed by atoms with E-state index in [0.29, 0.717) is 17.8 Å². The van der Waals surface area contributed by atoms with Crippen LogP contribution in [0, 0.1) is 30.1 Å². The van der Waals surface area contributed by atoms with E-state index in [2.05, 4.69) is 4.72 Å². The minimum atomic E-state index is -3.78. The minimum Gasteiger partial charge on any atom is -0.457 e. The fraction of sp³-hybridized carbons (Fsp3) is 0.619. The van der Waals surface area contributed by atoms with Gasteiger partial charge in [-0.05, 0) is 75.3 Å². The molecule has 4 aliphatic rings. The number of aryl methyl sites for hydroxylation is 1. The van der Waals surface area contributed by atoms with Crippen molar-refractivity contribution in [2.45, 2.75) is 50.3 Å². The van der Waals surface area contributed by atoms with Crippen molar-refractivity contribution in [3.8, 4) is 0 Å². The second-order valence-electron chi connectivity index (χ2n) is 8.92. The monoisotopic (exact) mass is 405 g/mol. The highest BCUT2D eigenvalue weighted by atomic mass is 32.2. The first-order chi connectivity index (χ1) is 13.3. The van der Waals surface area contributed by atoms with E-state index in [1.807, 2.05) is 6.92 Å². The van der Waals surface area contributed by atoms with E-state index >= 15 is 0 Å². The highest BCUT2D eigenvalue weighted by molar-refractivity contribution is 7.89. The summed E-state index contributed by atoms with van der Waals surface area (Å²) in [6.45, 7) is 1.13. The average molecular weight is 406 g/mol. The fourth-order valence-electron chi connectivity index (χ4n) is 5.76. The van der Waals surface area contributed by atoms with Gasteiger partial charge in [0.05, 0.1) is 4.90 Å². The molecular weight excluding hydrogens is 378 g/mol. The van der Waals surface area contributed by atoms with Crippen molar-refractivity contribution in [2.75, 3.05) is 13.2 Å². The largest absolute Gasteiger partial charge is 0.457 e. The number of hydrogen-bond acceptors (Lipinski definition) is 5. The second kappa shape index (κ2) is 7.26. The Morgan fingerprint density at radius 3 is 2.11 bits per heavy atom. The molecule has 4 aliphatic carbocycles. The molecule has 0 aliphatic heterocycles. The third-order valence-corrected chi connectivity index (χ3v) is 8.15. The van der Waals surface area contributed by atoms with Crippen LogP contribution in [0.15, 0.2) is 29.2 Å². The van der Waals surface area contributed by atoms with Gasteiger partial charge >= 0.3 is 5.97 Å². The number of carbonyl (C=O) groups is 2. The number of hydrogen-bond donors (Lipinski definition) is 1. The van der Waals surface area contributed by atoms with Crippen molar-refractivity contribution in [1.82, 2.24) is 4.72 Å². The summed E-state index contributed by atoms with van der Waals surface area (Å²) in [5.41, 5.74) is 0.637. The van der Waals surface area contributed by atoms with Crippen LogP contribution >= 0.6 is 0 Å². The number of carbonyl (C=O) groups excluding carboxylic acids is 2. The van der Waals surface area contributed by atoms with Gasteiger partial charge in [-0.1, -0.05) is 17.7 Å². The number of rotatable bonds is 7. The molecule has 0 radical (unpaired) electrons. The Balaban J connectivity index is 1.29. The van der Waals surface area contributed by atoms with E-state index in [9.17, 15) is 18.0 Å². The molecule has 152 valence electrons. The summed E-state index contributed by atoms with van der Waals surface area (Å²) in [4.78, 5) is 24.9. The molecule has 0 unspecified atom stereocenters. The molecule has 0 spiro atoms. The molecule has 28 heavy (non-hydrogen) atoms. The van der Waals surface area contributed by atoms with Gasteiger partial charge in [0.2, 0.25) is 10.0 Å². The summed E-state index contributed by atoms with van der Waals surface area (Å²) in [5.74, 6) is 1.22. The Morgan fingerprint density at radius 1 is 1.04 bits per heavy atom. The third-order valence-electron chi connectivity index (χ3n) is 6.73. The van der Waals surface area contributed by atoms with Crippen molar-refractivity contribution < 1.29 is 22.7 Å². The van der Waals surface area contributed by atoms with Crippen LogP contribution in [0.2, 0.25) is 0 Å². The lowest BCUT2D eigenvalue weighted by Crippen LogP contribution is -2.51. The molecule has 1 aromatic carbocycles. The lowest BCUT2D eigenvalue weighted by molar-refractivity contribution is -0.157. The van der Waals surface area contributed by atoms with Crippen molar-refractivity contribution in [2.24, 2.45) is 23.2 Å². The van der Waals surface area contributed by atoms with Gasteiger partial charge in [0.15, 0.2) is 12.4 Å². The molecule has 1 N–H and O–H groups in total. The highest BCUT2D eigenvalue weighted by Gasteiger charge is 2.54. The molecule has 6 nitrogen and oxygen atoms in total. The van der Waals surface area contributed by atoms with E-state index in [1.165, 1.54) is 31.4 Å². The van der Waals surface area contributed by atoms with Gasteiger partial charge in [0.25, 0.3) is 0 Å². The van der Waals surface area contributed by atoms with Crippen molar-refractivity contribution >= 4 is 21.8 Å². The molecule has 1 aromatic rings. The first-order valence-corrected chi connectivity index (χ1v) is 11.5. The fourth-order valence-corrected chi connectivity index (χ4v) is 6.73. The Bertz CT molecular complexity index is 839. The van der Waals surface area contributed by atoms with Crippen LogP contribution in [0.25, 0.3) is 0 Å². The maximum atomic E-state index is 12.8. The van der Waals surface area contributed by atoms with Crippen LogP contribution in [-0.4, -0.2) is 33.3 Å². The van der Waals surface area contributed by atoms with Crippen LogP contribution < -0.4 is 4.72 Å². The smallest absolute Gasteiger partial charge is 0.321 e. The van der Waals surface area contributed by atoms with E-state index in [-0.39, 0.29) is 22.7 Å². The summed E-state index contributed by atoms with van der Waals surface area (Å²) >= 11 is 0. The van der Waals surface area contributed by atoms with E-state index in [1.54, 1.807) is 12.1 Å². The number of nitrogens with one attached hydrogen (secondary N) is 1. The van der Waals surface area contributed by atoms with Crippen LogP contribution in [-0.2, 0) is 24.3 Å². The van der Waals surface area contributed by atoms with Gasteiger partial charge in [-0.2, -0.15) is 4.72 Å². The van der Waals surface area contributed by atoms with Gasteiger partial charge in [-0.25, -0.2) is 8.42 Å². The minimum absolute atomic E-state index is 0.0151. The molecular formula is C21H27NO5S. The predicted octanol–water partition coefficient (Wildman–Crippen LogP) is 2.60. The SMILES string of the molecule is Cc1ccc(S(=O)(=O)NCC(=O)OCC(=O)C23CC4CC(CC(C4)C2)C3)cc1. The lowest BCUT2D eigenvalue weighted by atomic mass is 9.48. The van der Waals surface area contributed by atoms with Gasteiger partial charge in [0.1, 0.15) is 6.54 Å². The number of esters is 1. The molecule has 4 bridgehead atoms. The number of sulfonamides is 1.